The van der Waals surface area contributed by atoms with Gasteiger partial charge >= 0.3 is 5.97 Å². The average Bonchev–Trinajstić information content (AvgIpc) is 2.71. The van der Waals surface area contributed by atoms with E-state index in [0.29, 0.717) is 0 Å². The Morgan fingerprint density at radius 2 is 2.21 bits per heavy atom. The number of hydrogen-bond donors (Lipinski definition) is 2. The van der Waals surface area contributed by atoms with Gasteiger partial charge in [-0.2, -0.15) is 0 Å². The topological polar surface area (TPSA) is 127 Å². The zero-order valence-corrected chi connectivity index (χ0v) is 9.78. The van der Waals surface area contributed by atoms with Gasteiger partial charge in [0.2, 0.25) is 5.91 Å². The van der Waals surface area contributed by atoms with Gasteiger partial charge in [0.1, 0.15) is 5.69 Å². The van der Waals surface area contributed by atoms with Crippen LogP contribution in [0, 0.1) is 16.0 Å². The molecule has 1 fully saturated rings. The minimum absolute atomic E-state index is 0.0705. The zero-order valence-electron chi connectivity index (χ0n) is 9.78. The smallest absolute Gasteiger partial charge is 0.308 e. The Labute approximate surface area is 107 Å². The number of aliphatic carboxylic acids is 1. The summed E-state index contributed by atoms with van der Waals surface area (Å²) in [7, 11) is 0. The van der Waals surface area contributed by atoms with E-state index in [9.17, 15) is 19.7 Å². The standard InChI is InChI=1S/C11H11N3O5/c12-7-1-2-8(9(4-7)14(18)19)13-5-6(11(16)17)3-10(13)15/h1-2,4,6H,3,5,12H2,(H,16,17). The molecule has 0 bridgehead atoms. The lowest BCUT2D eigenvalue weighted by molar-refractivity contribution is -0.384. The highest BCUT2D eigenvalue weighted by molar-refractivity contribution is 6.01. The minimum Gasteiger partial charge on any atom is -0.481 e. The molecule has 1 saturated heterocycles. The van der Waals surface area contributed by atoms with Crippen molar-refractivity contribution in [3.05, 3.63) is 28.3 Å². The van der Waals surface area contributed by atoms with Crippen LogP contribution in [-0.2, 0) is 9.59 Å². The molecule has 19 heavy (non-hydrogen) atoms. The summed E-state index contributed by atoms with van der Waals surface area (Å²) in [4.78, 5) is 34.0. The van der Waals surface area contributed by atoms with E-state index in [1.165, 1.54) is 12.1 Å². The summed E-state index contributed by atoms with van der Waals surface area (Å²) in [6.07, 6.45) is -0.156. The monoisotopic (exact) mass is 265 g/mol. The molecule has 0 aromatic heterocycles. The number of nitro groups is 1. The van der Waals surface area contributed by atoms with Crippen LogP contribution in [0.15, 0.2) is 18.2 Å². The van der Waals surface area contributed by atoms with E-state index in [4.69, 9.17) is 10.8 Å². The van der Waals surface area contributed by atoms with E-state index in [0.717, 1.165) is 11.0 Å². The number of nitro benzene ring substituents is 1. The van der Waals surface area contributed by atoms with Crippen LogP contribution >= 0.6 is 0 Å². The minimum atomic E-state index is -1.09. The van der Waals surface area contributed by atoms with Gasteiger partial charge in [0.15, 0.2) is 0 Å². The maximum atomic E-state index is 11.8. The molecule has 2 rings (SSSR count). The molecule has 8 nitrogen and oxygen atoms in total. The van der Waals surface area contributed by atoms with Gasteiger partial charge < -0.3 is 15.7 Å². The third-order valence-corrected chi connectivity index (χ3v) is 2.96. The predicted molar refractivity (Wildman–Crippen MR) is 65.6 cm³/mol. The van der Waals surface area contributed by atoms with Crippen LogP contribution in [0.4, 0.5) is 17.1 Å². The summed E-state index contributed by atoms with van der Waals surface area (Å²) >= 11 is 0. The van der Waals surface area contributed by atoms with Crippen molar-refractivity contribution in [2.45, 2.75) is 6.42 Å². The fourth-order valence-electron chi connectivity index (χ4n) is 2.02. The molecule has 3 N–H and O–H groups in total. The molecule has 8 heteroatoms. The number of hydrogen-bond acceptors (Lipinski definition) is 5. The third kappa shape index (κ3) is 2.32. The Morgan fingerprint density at radius 1 is 1.53 bits per heavy atom. The number of carboxylic acids is 1. The largest absolute Gasteiger partial charge is 0.481 e. The van der Waals surface area contributed by atoms with Gasteiger partial charge in [-0.05, 0) is 12.1 Å². The first-order valence-electron chi connectivity index (χ1n) is 5.47. The lowest BCUT2D eigenvalue weighted by atomic mass is 10.1. The number of carbonyl (C=O) groups is 2. The second-order valence-electron chi connectivity index (χ2n) is 4.25. The Bertz CT molecular complexity index is 571. The fraction of sp³-hybridized carbons (Fsp3) is 0.273. The average molecular weight is 265 g/mol. The molecule has 1 unspecified atom stereocenters. The highest BCUT2D eigenvalue weighted by Crippen LogP contribution is 2.34. The van der Waals surface area contributed by atoms with Gasteiger partial charge in [-0.25, -0.2) is 0 Å². The number of nitrogens with two attached hydrogens (primary N) is 1. The molecule has 1 heterocycles. The quantitative estimate of drug-likeness (QED) is 0.468. The number of nitrogen functional groups attached to an aromatic ring is 1. The van der Waals surface area contributed by atoms with Crippen LogP contribution in [-0.4, -0.2) is 28.5 Å². The number of nitrogens with zero attached hydrogens (tertiary/aromatic N) is 2. The normalized spacial score (nSPS) is 18.6. The molecule has 100 valence electrons. The van der Waals surface area contributed by atoms with E-state index >= 15 is 0 Å². The Balaban J connectivity index is 2.40. The summed E-state index contributed by atoms with van der Waals surface area (Å²) in [6.45, 7) is -0.0705. The van der Waals surface area contributed by atoms with Gasteiger partial charge in [-0.15, -0.1) is 0 Å². The number of anilines is 2. The number of benzene rings is 1. The number of carboxylic acid groups (broad SMARTS) is 1. The lowest BCUT2D eigenvalue weighted by Gasteiger charge is -2.16. The first-order valence-corrected chi connectivity index (χ1v) is 5.47. The first-order chi connectivity index (χ1) is 8.90. The van der Waals surface area contributed by atoms with Crippen molar-refractivity contribution in [2.75, 3.05) is 17.2 Å². The molecular formula is C11H11N3O5. The van der Waals surface area contributed by atoms with Crippen molar-refractivity contribution in [3.8, 4) is 0 Å². The molecule has 1 aliphatic heterocycles. The summed E-state index contributed by atoms with van der Waals surface area (Å²) in [5, 5.41) is 19.8. The van der Waals surface area contributed by atoms with Gasteiger partial charge in [0.25, 0.3) is 5.69 Å². The van der Waals surface area contributed by atoms with Crippen molar-refractivity contribution in [1.29, 1.82) is 0 Å². The summed E-state index contributed by atoms with van der Waals surface area (Å²) in [5.41, 5.74) is 5.45. The molecule has 1 atom stereocenters. The first kappa shape index (κ1) is 12.8. The van der Waals surface area contributed by atoms with Crippen LogP contribution in [0.3, 0.4) is 0 Å². The van der Waals surface area contributed by atoms with Crippen molar-refractivity contribution >= 4 is 28.9 Å². The zero-order chi connectivity index (χ0) is 14.2. The number of amides is 1. The Hall–Kier alpha value is -2.64. The molecule has 1 aliphatic rings. The Morgan fingerprint density at radius 3 is 2.74 bits per heavy atom. The molecule has 0 aliphatic carbocycles. The molecule has 0 radical (unpaired) electrons. The van der Waals surface area contributed by atoms with Gasteiger partial charge in [0, 0.05) is 24.7 Å². The molecule has 1 aromatic carbocycles. The van der Waals surface area contributed by atoms with E-state index in [-0.39, 0.29) is 30.0 Å². The van der Waals surface area contributed by atoms with E-state index in [1.54, 1.807) is 0 Å². The lowest BCUT2D eigenvalue weighted by Crippen LogP contribution is -2.26. The SMILES string of the molecule is Nc1ccc(N2CC(C(=O)O)CC2=O)c([N+](=O)[O-])c1. The van der Waals surface area contributed by atoms with Crippen LogP contribution < -0.4 is 10.6 Å². The number of carbonyl (C=O) groups excluding carboxylic acids is 1. The van der Waals surface area contributed by atoms with Crippen LogP contribution in [0.1, 0.15) is 6.42 Å². The van der Waals surface area contributed by atoms with Crippen molar-refractivity contribution in [1.82, 2.24) is 0 Å². The van der Waals surface area contributed by atoms with Crippen LogP contribution in [0.25, 0.3) is 0 Å². The molecule has 1 amide bonds. The second kappa shape index (κ2) is 4.56. The van der Waals surface area contributed by atoms with Gasteiger partial charge in [0.05, 0.1) is 10.8 Å². The number of rotatable bonds is 3. The molecular weight excluding hydrogens is 254 g/mol. The summed E-state index contributed by atoms with van der Waals surface area (Å²) in [5.74, 6) is -2.38. The fourth-order valence-corrected chi connectivity index (χ4v) is 2.02. The van der Waals surface area contributed by atoms with E-state index in [1.807, 2.05) is 0 Å². The predicted octanol–water partition coefficient (Wildman–Crippen LogP) is 0.614. The highest BCUT2D eigenvalue weighted by Gasteiger charge is 2.37. The third-order valence-electron chi connectivity index (χ3n) is 2.96. The summed E-state index contributed by atoms with van der Waals surface area (Å²) < 4.78 is 0. The molecule has 0 saturated carbocycles. The van der Waals surface area contributed by atoms with Crippen LogP contribution in [0.5, 0.6) is 0 Å². The highest BCUT2D eigenvalue weighted by atomic mass is 16.6. The molecule has 0 spiro atoms. The van der Waals surface area contributed by atoms with Crippen LogP contribution in [0.2, 0.25) is 0 Å². The second-order valence-corrected chi connectivity index (χ2v) is 4.25. The van der Waals surface area contributed by atoms with Crippen molar-refractivity contribution < 1.29 is 19.6 Å². The van der Waals surface area contributed by atoms with E-state index in [2.05, 4.69) is 0 Å². The van der Waals surface area contributed by atoms with Gasteiger partial charge in [-0.1, -0.05) is 0 Å². The molecule has 1 aromatic rings. The maximum Gasteiger partial charge on any atom is 0.308 e. The Kier molecular flexibility index (Phi) is 3.07. The van der Waals surface area contributed by atoms with E-state index < -0.39 is 22.7 Å². The maximum absolute atomic E-state index is 11.8. The van der Waals surface area contributed by atoms with Crippen molar-refractivity contribution in [3.63, 3.8) is 0 Å². The van der Waals surface area contributed by atoms with Gasteiger partial charge in [-0.3, -0.25) is 19.7 Å². The summed E-state index contributed by atoms with van der Waals surface area (Å²) in [6, 6.07) is 3.94. The van der Waals surface area contributed by atoms with Crippen molar-refractivity contribution in [2.24, 2.45) is 5.92 Å².